The highest BCUT2D eigenvalue weighted by molar-refractivity contribution is 5.91. The van der Waals surface area contributed by atoms with Gasteiger partial charge in [-0.25, -0.2) is 4.79 Å². The highest BCUT2D eigenvalue weighted by atomic mass is 19.4. The van der Waals surface area contributed by atoms with E-state index >= 15 is 0 Å². The lowest BCUT2D eigenvalue weighted by Gasteiger charge is -2.34. The van der Waals surface area contributed by atoms with Crippen molar-refractivity contribution in [3.8, 4) is 0 Å². The fraction of sp³-hybridized carbons (Fsp3) is 0.348. The first kappa shape index (κ1) is 25.0. The Bertz CT molecular complexity index is 1080. The summed E-state index contributed by atoms with van der Waals surface area (Å²) < 4.78 is 39.0. The molecule has 1 amide bonds. The van der Waals surface area contributed by atoms with Crippen LogP contribution in [0.15, 0.2) is 59.3 Å². The second-order valence-corrected chi connectivity index (χ2v) is 7.90. The van der Waals surface area contributed by atoms with Gasteiger partial charge in [-0.3, -0.25) is 14.4 Å². The molecule has 1 aliphatic rings. The summed E-state index contributed by atoms with van der Waals surface area (Å²) >= 11 is 0. The fourth-order valence-electron chi connectivity index (χ4n) is 3.60. The molecule has 1 atom stereocenters. The second kappa shape index (κ2) is 11.0. The van der Waals surface area contributed by atoms with Crippen molar-refractivity contribution in [2.45, 2.75) is 38.7 Å². The maximum absolute atomic E-state index is 12.0. The minimum absolute atomic E-state index is 0.173. The third-order valence-corrected chi connectivity index (χ3v) is 5.23. The van der Waals surface area contributed by atoms with Crippen molar-refractivity contribution in [3.63, 3.8) is 0 Å². The average Bonchev–Trinajstić information content (AvgIpc) is 3.47. The number of carbonyl (C=O) groups is 2. The second-order valence-electron chi connectivity index (χ2n) is 7.90. The topological polar surface area (TPSA) is 101 Å². The zero-order valence-corrected chi connectivity index (χ0v) is 18.5. The van der Waals surface area contributed by atoms with Crippen molar-refractivity contribution in [3.05, 3.63) is 77.5 Å². The number of carboxylic acid groups (broad SMARTS) is 1. The molecule has 11 heteroatoms. The van der Waals surface area contributed by atoms with Crippen LogP contribution in [0.25, 0.3) is 0 Å². The van der Waals surface area contributed by atoms with Gasteiger partial charge >= 0.3 is 12.1 Å². The van der Waals surface area contributed by atoms with E-state index in [9.17, 15) is 18.0 Å². The number of nitrogens with one attached hydrogen (secondary N) is 1. The van der Waals surface area contributed by atoms with Gasteiger partial charge in [0.05, 0.1) is 18.0 Å². The molecule has 1 aliphatic heterocycles. The van der Waals surface area contributed by atoms with E-state index in [0.717, 1.165) is 26.1 Å². The summed E-state index contributed by atoms with van der Waals surface area (Å²) in [6.07, 6.45) is -0.889. The van der Waals surface area contributed by atoms with Crippen molar-refractivity contribution in [1.29, 1.82) is 0 Å². The molecule has 182 valence electrons. The highest BCUT2D eigenvalue weighted by Crippen LogP contribution is 2.24. The molecule has 0 saturated heterocycles. The van der Waals surface area contributed by atoms with Crippen LogP contribution in [0, 0.1) is 6.92 Å². The maximum atomic E-state index is 12.0. The number of nitrogens with zero attached hydrogens (tertiary/aromatic N) is 3. The molecule has 2 N–H and O–H groups in total. The number of fused-ring (bicyclic) bond motifs is 1. The summed E-state index contributed by atoms with van der Waals surface area (Å²) in [6.45, 7) is 5.42. The van der Waals surface area contributed by atoms with Crippen molar-refractivity contribution in [2.75, 3.05) is 13.1 Å². The molecule has 0 bridgehead atoms. The van der Waals surface area contributed by atoms with Crippen LogP contribution in [0.3, 0.4) is 0 Å². The van der Waals surface area contributed by atoms with Gasteiger partial charge in [-0.2, -0.15) is 18.3 Å². The molecule has 0 aliphatic carbocycles. The summed E-state index contributed by atoms with van der Waals surface area (Å²) in [4.78, 5) is 23.4. The summed E-state index contributed by atoms with van der Waals surface area (Å²) in [5.74, 6) is -2.58. The number of aromatic nitrogens is 2. The van der Waals surface area contributed by atoms with Crippen LogP contribution in [0.4, 0.5) is 13.2 Å². The van der Waals surface area contributed by atoms with Crippen LogP contribution in [0.1, 0.15) is 39.8 Å². The van der Waals surface area contributed by atoms with E-state index in [2.05, 4.69) is 57.3 Å². The number of halogens is 3. The Morgan fingerprint density at radius 3 is 2.53 bits per heavy atom. The van der Waals surface area contributed by atoms with Crippen molar-refractivity contribution < 1.29 is 32.3 Å². The predicted octanol–water partition coefficient (Wildman–Crippen LogP) is 3.79. The minimum atomic E-state index is -5.08. The Labute approximate surface area is 194 Å². The SMILES string of the molecule is Cc1ccc(CN2Cc3ccnn3C(CCNC(=O)c3ccco3)C2)cc1.O=C(O)C(F)(F)F. The van der Waals surface area contributed by atoms with Crippen LogP contribution in [0.2, 0.25) is 0 Å². The smallest absolute Gasteiger partial charge is 0.475 e. The number of amides is 1. The molecule has 3 aromatic rings. The number of furan rings is 1. The van der Waals surface area contributed by atoms with Gasteiger partial charge in [0.2, 0.25) is 0 Å². The lowest BCUT2D eigenvalue weighted by molar-refractivity contribution is -0.192. The number of benzene rings is 1. The monoisotopic (exact) mass is 478 g/mol. The molecule has 1 unspecified atom stereocenters. The molecule has 8 nitrogen and oxygen atoms in total. The number of aryl methyl sites for hydroxylation is 1. The van der Waals surface area contributed by atoms with Crippen LogP contribution in [0.5, 0.6) is 0 Å². The predicted molar refractivity (Wildman–Crippen MR) is 116 cm³/mol. The number of hydrogen-bond donors (Lipinski definition) is 2. The van der Waals surface area contributed by atoms with E-state index in [1.165, 1.54) is 23.1 Å². The normalized spacial score (nSPS) is 15.7. The average molecular weight is 478 g/mol. The fourth-order valence-corrected chi connectivity index (χ4v) is 3.60. The number of carbonyl (C=O) groups excluding carboxylic acids is 1. The van der Waals surface area contributed by atoms with Gasteiger partial charge in [-0.1, -0.05) is 29.8 Å². The van der Waals surface area contributed by atoms with Gasteiger partial charge in [-0.05, 0) is 37.1 Å². The Balaban J connectivity index is 0.000000406. The summed E-state index contributed by atoms with van der Waals surface area (Å²) in [5, 5.41) is 14.6. The van der Waals surface area contributed by atoms with E-state index in [0.29, 0.717) is 12.3 Å². The molecule has 2 aromatic heterocycles. The molecule has 34 heavy (non-hydrogen) atoms. The first-order chi connectivity index (χ1) is 16.1. The Morgan fingerprint density at radius 2 is 1.91 bits per heavy atom. The van der Waals surface area contributed by atoms with E-state index < -0.39 is 12.1 Å². The number of carboxylic acids is 1. The van der Waals surface area contributed by atoms with Crippen molar-refractivity contribution in [1.82, 2.24) is 20.0 Å². The zero-order valence-electron chi connectivity index (χ0n) is 18.5. The van der Waals surface area contributed by atoms with Gasteiger partial charge in [0.1, 0.15) is 0 Å². The highest BCUT2D eigenvalue weighted by Gasteiger charge is 2.38. The largest absolute Gasteiger partial charge is 0.490 e. The van der Waals surface area contributed by atoms with Gasteiger partial charge in [-0.15, -0.1) is 0 Å². The Hall–Kier alpha value is -3.60. The number of alkyl halides is 3. The van der Waals surface area contributed by atoms with Crippen LogP contribution in [-0.4, -0.2) is 50.9 Å². The molecule has 0 fully saturated rings. The van der Waals surface area contributed by atoms with Gasteiger partial charge < -0.3 is 14.8 Å². The molecule has 0 saturated carbocycles. The standard InChI is InChI=1S/C21H24N4O2.C2HF3O2/c1-16-4-6-17(7-5-16)13-24-14-18(25-19(15-24)9-11-23-25)8-10-22-21(26)20-3-2-12-27-20;3-2(4,5)1(6)7/h2-7,9,11-12,18H,8,10,13-15H2,1H3,(H,22,26);(H,6,7). The third kappa shape index (κ3) is 6.95. The van der Waals surface area contributed by atoms with E-state index in [1.807, 2.05) is 6.20 Å². The molecule has 0 spiro atoms. The third-order valence-electron chi connectivity index (χ3n) is 5.23. The number of aliphatic carboxylic acids is 1. The van der Waals surface area contributed by atoms with Gasteiger partial charge in [0.25, 0.3) is 5.91 Å². The van der Waals surface area contributed by atoms with Gasteiger partial charge in [0, 0.05) is 32.4 Å². The maximum Gasteiger partial charge on any atom is 0.490 e. The lowest BCUT2D eigenvalue weighted by atomic mass is 10.1. The first-order valence-electron chi connectivity index (χ1n) is 10.6. The summed E-state index contributed by atoms with van der Waals surface area (Å²) in [5.41, 5.74) is 3.81. The van der Waals surface area contributed by atoms with Crippen molar-refractivity contribution in [2.24, 2.45) is 0 Å². The van der Waals surface area contributed by atoms with E-state index in [1.54, 1.807) is 12.1 Å². The molecular weight excluding hydrogens is 453 g/mol. The first-order valence-corrected chi connectivity index (χ1v) is 10.6. The molecular formula is C23H25F3N4O4. The lowest BCUT2D eigenvalue weighted by Crippen LogP contribution is -2.38. The minimum Gasteiger partial charge on any atom is -0.475 e. The molecule has 0 radical (unpaired) electrons. The number of hydrogen-bond acceptors (Lipinski definition) is 5. The van der Waals surface area contributed by atoms with Crippen LogP contribution in [-0.2, 0) is 17.9 Å². The summed E-state index contributed by atoms with van der Waals surface area (Å²) in [6, 6.07) is 14.4. The molecule has 1 aromatic carbocycles. The zero-order chi connectivity index (χ0) is 24.7. The van der Waals surface area contributed by atoms with Crippen molar-refractivity contribution >= 4 is 11.9 Å². The van der Waals surface area contributed by atoms with E-state index in [-0.39, 0.29) is 11.9 Å². The van der Waals surface area contributed by atoms with E-state index in [4.69, 9.17) is 14.3 Å². The van der Waals surface area contributed by atoms with Crippen LogP contribution >= 0.6 is 0 Å². The van der Waals surface area contributed by atoms with Gasteiger partial charge in [0.15, 0.2) is 5.76 Å². The Morgan fingerprint density at radius 1 is 1.21 bits per heavy atom. The Kier molecular flexibility index (Phi) is 8.11. The molecule has 4 rings (SSSR count). The number of rotatable bonds is 6. The van der Waals surface area contributed by atoms with Crippen LogP contribution < -0.4 is 5.32 Å². The summed E-state index contributed by atoms with van der Waals surface area (Å²) in [7, 11) is 0. The quantitative estimate of drug-likeness (QED) is 0.559. The molecule has 3 heterocycles.